The molecule has 1 aliphatic carbocycles. The molecular weight excluding hydrogens is 352 g/mol. The standard InChI is InChI=1S/C18H30N4O5/c1-12(17(25)27-3)19-16(24)15-11-21(13(2)23)9-10-22(15)18(26)20-14-7-5-4-6-8-14/h12,14-15H,4-11H2,1-3H3,(H,19,24)(H,20,26). The second kappa shape index (κ2) is 9.57. The van der Waals surface area contributed by atoms with Gasteiger partial charge in [-0.25, -0.2) is 9.59 Å². The predicted molar refractivity (Wildman–Crippen MR) is 97.8 cm³/mol. The first kappa shape index (κ1) is 21.0. The molecule has 1 saturated heterocycles. The fourth-order valence-corrected chi connectivity index (χ4v) is 3.59. The molecular formula is C18H30N4O5. The van der Waals surface area contributed by atoms with Gasteiger partial charge in [-0.15, -0.1) is 0 Å². The summed E-state index contributed by atoms with van der Waals surface area (Å²) in [4.78, 5) is 51.8. The van der Waals surface area contributed by atoms with Crippen molar-refractivity contribution >= 4 is 23.8 Å². The molecule has 2 fully saturated rings. The van der Waals surface area contributed by atoms with E-state index >= 15 is 0 Å². The summed E-state index contributed by atoms with van der Waals surface area (Å²) in [6.45, 7) is 3.70. The summed E-state index contributed by atoms with van der Waals surface area (Å²) < 4.78 is 4.62. The van der Waals surface area contributed by atoms with E-state index in [0.29, 0.717) is 6.54 Å². The van der Waals surface area contributed by atoms with Crippen molar-refractivity contribution < 1.29 is 23.9 Å². The molecule has 0 spiro atoms. The number of carbonyl (C=O) groups is 4. The summed E-state index contributed by atoms with van der Waals surface area (Å²) in [5, 5.41) is 5.59. The Balaban J connectivity index is 2.07. The Morgan fingerprint density at radius 1 is 1.07 bits per heavy atom. The first-order valence-electron chi connectivity index (χ1n) is 9.54. The third kappa shape index (κ3) is 5.58. The topological polar surface area (TPSA) is 108 Å². The van der Waals surface area contributed by atoms with Gasteiger partial charge in [-0.2, -0.15) is 0 Å². The molecule has 1 aliphatic heterocycles. The van der Waals surface area contributed by atoms with Crippen LogP contribution in [0, 0.1) is 0 Å². The van der Waals surface area contributed by atoms with Gasteiger partial charge in [0.1, 0.15) is 12.1 Å². The van der Waals surface area contributed by atoms with E-state index in [4.69, 9.17) is 0 Å². The molecule has 1 heterocycles. The van der Waals surface area contributed by atoms with E-state index < -0.39 is 24.0 Å². The predicted octanol–water partition coefficient (Wildman–Crippen LogP) is 0.239. The lowest BCUT2D eigenvalue weighted by molar-refractivity contribution is -0.146. The number of nitrogens with zero attached hydrogens (tertiary/aromatic N) is 2. The molecule has 1 saturated carbocycles. The van der Waals surface area contributed by atoms with E-state index in [1.54, 1.807) is 0 Å². The molecule has 152 valence electrons. The van der Waals surface area contributed by atoms with Crippen LogP contribution in [0.25, 0.3) is 0 Å². The summed E-state index contributed by atoms with van der Waals surface area (Å²) in [7, 11) is 1.24. The number of methoxy groups -OCH3 is 1. The van der Waals surface area contributed by atoms with Gasteiger partial charge in [0, 0.05) is 26.1 Å². The molecule has 0 bridgehead atoms. The van der Waals surface area contributed by atoms with Crippen molar-refractivity contribution in [2.75, 3.05) is 26.7 Å². The third-order valence-corrected chi connectivity index (χ3v) is 5.24. The van der Waals surface area contributed by atoms with Crippen molar-refractivity contribution in [2.45, 2.75) is 64.1 Å². The minimum absolute atomic E-state index is 0.104. The van der Waals surface area contributed by atoms with Crippen LogP contribution in [0.3, 0.4) is 0 Å². The number of rotatable bonds is 4. The van der Waals surface area contributed by atoms with E-state index in [0.717, 1.165) is 25.7 Å². The Kier molecular flexibility index (Phi) is 7.44. The second-order valence-electron chi connectivity index (χ2n) is 7.21. The zero-order valence-electron chi connectivity index (χ0n) is 16.3. The Morgan fingerprint density at radius 2 is 1.74 bits per heavy atom. The van der Waals surface area contributed by atoms with Crippen molar-refractivity contribution in [1.82, 2.24) is 20.4 Å². The maximum absolute atomic E-state index is 12.8. The van der Waals surface area contributed by atoms with Crippen molar-refractivity contribution in [3.05, 3.63) is 0 Å². The molecule has 2 unspecified atom stereocenters. The van der Waals surface area contributed by atoms with Crippen LogP contribution < -0.4 is 10.6 Å². The minimum atomic E-state index is -0.849. The van der Waals surface area contributed by atoms with Crippen LogP contribution in [0.4, 0.5) is 4.79 Å². The number of urea groups is 1. The number of esters is 1. The van der Waals surface area contributed by atoms with Gasteiger partial charge in [-0.3, -0.25) is 9.59 Å². The lowest BCUT2D eigenvalue weighted by Crippen LogP contribution is -2.64. The molecule has 0 radical (unpaired) electrons. The summed E-state index contributed by atoms with van der Waals surface area (Å²) >= 11 is 0. The number of nitrogens with one attached hydrogen (secondary N) is 2. The van der Waals surface area contributed by atoms with E-state index in [-0.39, 0.29) is 31.1 Å². The van der Waals surface area contributed by atoms with Gasteiger partial charge in [0.15, 0.2) is 0 Å². The molecule has 0 aromatic rings. The zero-order chi connectivity index (χ0) is 20.0. The van der Waals surface area contributed by atoms with Gasteiger partial charge in [-0.05, 0) is 19.8 Å². The Bertz CT molecular complexity index is 576. The van der Waals surface area contributed by atoms with Gasteiger partial charge in [0.05, 0.1) is 13.7 Å². The number of piperazine rings is 1. The molecule has 9 nitrogen and oxygen atoms in total. The van der Waals surface area contributed by atoms with E-state index in [1.165, 1.54) is 37.2 Å². The quantitative estimate of drug-likeness (QED) is 0.677. The van der Waals surface area contributed by atoms with Crippen LogP contribution in [-0.4, -0.2) is 78.5 Å². The average molecular weight is 382 g/mol. The Morgan fingerprint density at radius 3 is 2.33 bits per heavy atom. The molecule has 0 aromatic carbocycles. The van der Waals surface area contributed by atoms with Crippen LogP contribution in [0.2, 0.25) is 0 Å². The van der Waals surface area contributed by atoms with Gasteiger partial charge >= 0.3 is 12.0 Å². The molecule has 2 aliphatic rings. The average Bonchev–Trinajstić information content (AvgIpc) is 2.67. The van der Waals surface area contributed by atoms with Crippen LogP contribution in [0.1, 0.15) is 46.0 Å². The maximum atomic E-state index is 12.8. The van der Waals surface area contributed by atoms with Crippen LogP contribution >= 0.6 is 0 Å². The molecule has 0 aromatic heterocycles. The number of hydrogen-bond acceptors (Lipinski definition) is 5. The van der Waals surface area contributed by atoms with Crippen LogP contribution in [0.5, 0.6) is 0 Å². The SMILES string of the molecule is COC(=O)C(C)NC(=O)C1CN(C(C)=O)CCN1C(=O)NC1CCCCC1. The molecule has 27 heavy (non-hydrogen) atoms. The van der Waals surface area contributed by atoms with Crippen LogP contribution in [-0.2, 0) is 19.1 Å². The lowest BCUT2D eigenvalue weighted by atomic mass is 9.95. The highest BCUT2D eigenvalue weighted by Crippen LogP contribution is 2.18. The van der Waals surface area contributed by atoms with Crippen molar-refractivity contribution in [3.8, 4) is 0 Å². The largest absolute Gasteiger partial charge is 0.467 e. The highest BCUT2D eigenvalue weighted by Gasteiger charge is 2.37. The van der Waals surface area contributed by atoms with Gasteiger partial charge in [0.2, 0.25) is 11.8 Å². The summed E-state index contributed by atoms with van der Waals surface area (Å²) in [6, 6.07) is -1.86. The number of carbonyl (C=O) groups excluding carboxylic acids is 4. The fourth-order valence-electron chi connectivity index (χ4n) is 3.59. The fraction of sp³-hybridized carbons (Fsp3) is 0.778. The van der Waals surface area contributed by atoms with Crippen LogP contribution in [0.15, 0.2) is 0 Å². The normalized spacial score (nSPS) is 22.0. The number of ether oxygens (including phenoxy) is 1. The first-order chi connectivity index (χ1) is 12.8. The summed E-state index contributed by atoms with van der Waals surface area (Å²) in [6.07, 6.45) is 5.23. The molecule has 2 atom stereocenters. The molecule has 9 heteroatoms. The highest BCUT2D eigenvalue weighted by atomic mass is 16.5. The van der Waals surface area contributed by atoms with Crippen molar-refractivity contribution in [2.24, 2.45) is 0 Å². The summed E-state index contributed by atoms with van der Waals surface area (Å²) in [5.74, 6) is -1.19. The lowest BCUT2D eigenvalue weighted by Gasteiger charge is -2.41. The van der Waals surface area contributed by atoms with Crippen molar-refractivity contribution in [1.29, 1.82) is 0 Å². The van der Waals surface area contributed by atoms with E-state index in [9.17, 15) is 19.2 Å². The minimum Gasteiger partial charge on any atom is -0.467 e. The molecule has 2 N–H and O–H groups in total. The Labute approximate surface area is 159 Å². The monoisotopic (exact) mass is 382 g/mol. The highest BCUT2D eigenvalue weighted by molar-refractivity contribution is 5.91. The Hall–Kier alpha value is -2.32. The zero-order valence-corrected chi connectivity index (χ0v) is 16.3. The molecule has 2 rings (SSSR count). The van der Waals surface area contributed by atoms with Gasteiger partial charge in [-0.1, -0.05) is 19.3 Å². The maximum Gasteiger partial charge on any atom is 0.328 e. The summed E-state index contributed by atoms with van der Waals surface area (Å²) in [5.41, 5.74) is 0. The third-order valence-electron chi connectivity index (χ3n) is 5.24. The number of hydrogen-bond donors (Lipinski definition) is 2. The van der Waals surface area contributed by atoms with Gasteiger partial charge in [0.25, 0.3) is 0 Å². The van der Waals surface area contributed by atoms with E-state index in [2.05, 4.69) is 15.4 Å². The van der Waals surface area contributed by atoms with Gasteiger partial charge < -0.3 is 25.2 Å². The second-order valence-corrected chi connectivity index (χ2v) is 7.21. The smallest absolute Gasteiger partial charge is 0.328 e. The number of amides is 4. The van der Waals surface area contributed by atoms with Crippen molar-refractivity contribution in [3.63, 3.8) is 0 Å². The molecule has 4 amide bonds. The first-order valence-corrected chi connectivity index (χ1v) is 9.54. The van der Waals surface area contributed by atoms with E-state index in [1.807, 2.05) is 0 Å².